The third-order valence-corrected chi connectivity index (χ3v) is 4.14. The van der Waals surface area contributed by atoms with Gasteiger partial charge >= 0.3 is 0 Å². The summed E-state index contributed by atoms with van der Waals surface area (Å²) < 4.78 is 5.56. The summed E-state index contributed by atoms with van der Waals surface area (Å²) in [7, 11) is 0. The van der Waals surface area contributed by atoms with Gasteiger partial charge in [-0.2, -0.15) is 0 Å². The molecule has 0 radical (unpaired) electrons. The maximum Gasteiger partial charge on any atom is 0.149 e. The number of ether oxygens (including phenoxy) is 1. The van der Waals surface area contributed by atoms with Crippen LogP contribution in [0.15, 0.2) is 24.3 Å². The molecule has 19 heavy (non-hydrogen) atoms. The Hall–Kier alpha value is -0.0200. The molecule has 0 aromatic heterocycles. The highest BCUT2D eigenvalue weighted by atomic mass is 35.5. The lowest BCUT2D eigenvalue weighted by molar-refractivity contribution is 0.483. The maximum atomic E-state index is 6.02. The summed E-state index contributed by atoms with van der Waals surface area (Å²) in [6, 6.07) is 6.04. The summed E-state index contributed by atoms with van der Waals surface area (Å²) in [5, 5.41) is 1.75. The number of rotatable bonds is 2. The van der Waals surface area contributed by atoms with Crippen molar-refractivity contribution in [3.8, 4) is 11.5 Å². The SMILES string of the molecule is Clc1cc(Cl)c(Cl)c(Oc2cc(Cl)cc(Cl)c2Cl)c1. The second-order valence-electron chi connectivity index (χ2n) is 3.50. The maximum absolute atomic E-state index is 6.02. The van der Waals surface area contributed by atoms with Gasteiger partial charge in [0.2, 0.25) is 0 Å². The van der Waals surface area contributed by atoms with Gasteiger partial charge in [-0.25, -0.2) is 0 Å². The molecule has 2 aromatic rings. The molecule has 0 aliphatic heterocycles. The topological polar surface area (TPSA) is 9.23 Å². The lowest BCUT2D eigenvalue weighted by Gasteiger charge is -2.11. The monoisotopic (exact) mass is 374 g/mol. The molecule has 1 nitrogen and oxygen atoms in total. The normalized spacial score (nSPS) is 10.6. The zero-order chi connectivity index (χ0) is 14.2. The first-order chi connectivity index (χ1) is 8.88. The van der Waals surface area contributed by atoms with E-state index >= 15 is 0 Å². The molecule has 2 aromatic carbocycles. The van der Waals surface area contributed by atoms with Gasteiger partial charge in [-0.05, 0) is 12.1 Å². The molecule has 7 heteroatoms. The van der Waals surface area contributed by atoms with E-state index in [9.17, 15) is 0 Å². The van der Waals surface area contributed by atoms with Gasteiger partial charge in [0.15, 0.2) is 0 Å². The minimum Gasteiger partial charge on any atom is -0.454 e. The van der Waals surface area contributed by atoms with E-state index < -0.39 is 0 Å². The van der Waals surface area contributed by atoms with Gasteiger partial charge in [0.1, 0.15) is 21.5 Å². The van der Waals surface area contributed by atoms with Crippen molar-refractivity contribution in [3.63, 3.8) is 0 Å². The molecule has 0 amide bonds. The summed E-state index contributed by atoms with van der Waals surface area (Å²) >= 11 is 35.6. The predicted molar refractivity (Wildman–Crippen MR) is 83.0 cm³/mol. The van der Waals surface area contributed by atoms with E-state index in [2.05, 4.69) is 0 Å². The van der Waals surface area contributed by atoms with Crippen LogP contribution in [-0.4, -0.2) is 0 Å². The van der Waals surface area contributed by atoms with Gasteiger partial charge in [0.05, 0.1) is 10.0 Å². The van der Waals surface area contributed by atoms with Crippen LogP contribution in [0.1, 0.15) is 0 Å². The quantitative estimate of drug-likeness (QED) is 0.496. The largest absolute Gasteiger partial charge is 0.454 e. The molecule has 0 aliphatic rings. The van der Waals surface area contributed by atoms with E-state index in [4.69, 9.17) is 74.3 Å². The number of benzene rings is 2. The van der Waals surface area contributed by atoms with Crippen LogP contribution in [0.25, 0.3) is 0 Å². The minimum absolute atomic E-state index is 0.221. The Morgan fingerprint density at radius 2 is 0.947 bits per heavy atom. The molecule has 0 bridgehead atoms. The lowest BCUT2D eigenvalue weighted by Crippen LogP contribution is -1.88. The molecule has 0 N–H and O–H groups in total. The molecule has 0 heterocycles. The molecule has 0 aliphatic carbocycles. The molecule has 0 spiro atoms. The highest BCUT2D eigenvalue weighted by Gasteiger charge is 2.13. The average molecular weight is 377 g/mol. The van der Waals surface area contributed by atoms with Crippen molar-refractivity contribution in [2.45, 2.75) is 0 Å². The third kappa shape index (κ3) is 3.55. The van der Waals surface area contributed by atoms with Crippen LogP contribution in [0.4, 0.5) is 0 Å². The molecule has 0 atom stereocenters. The molecule has 0 saturated carbocycles. The minimum atomic E-state index is 0.221. The van der Waals surface area contributed by atoms with Gasteiger partial charge in [0.25, 0.3) is 0 Å². The van der Waals surface area contributed by atoms with Crippen LogP contribution in [0.5, 0.6) is 11.5 Å². The fraction of sp³-hybridized carbons (Fsp3) is 0. The molecule has 0 unspecified atom stereocenters. The van der Waals surface area contributed by atoms with Gasteiger partial charge in [-0.1, -0.05) is 69.6 Å². The van der Waals surface area contributed by atoms with Crippen molar-refractivity contribution in [2.75, 3.05) is 0 Å². The summed E-state index contributed by atoms with van der Waals surface area (Å²) in [5.41, 5.74) is 0. The van der Waals surface area contributed by atoms with Gasteiger partial charge in [-0.15, -0.1) is 0 Å². The average Bonchev–Trinajstić information content (AvgIpc) is 2.31. The van der Waals surface area contributed by atoms with E-state index in [1.54, 1.807) is 0 Å². The third-order valence-electron chi connectivity index (χ3n) is 2.14. The Morgan fingerprint density at radius 1 is 0.579 bits per heavy atom. The van der Waals surface area contributed by atoms with Crippen LogP contribution < -0.4 is 4.74 Å². The first kappa shape index (κ1) is 15.4. The Bertz CT molecular complexity index is 585. The number of hydrogen-bond acceptors (Lipinski definition) is 1. The summed E-state index contributed by atoms with van der Waals surface area (Å²) in [6.45, 7) is 0. The van der Waals surface area contributed by atoms with E-state index in [1.807, 2.05) is 0 Å². The van der Waals surface area contributed by atoms with Gasteiger partial charge in [0, 0.05) is 22.2 Å². The van der Waals surface area contributed by atoms with Crippen molar-refractivity contribution < 1.29 is 4.74 Å². The number of halogens is 6. The fourth-order valence-corrected chi connectivity index (χ4v) is 2.58. The Balaban J connectivity index is 2.47. The van der Waals surface area contributed by atoms with Crippen LogP contribution in [0, 0.1) is 0 Å². The van der Waals surface area contributed by atoms with Crippen LogP contribution in [-0.2, 0) is 0 Å². The summed E-state index contributed by atoms with van der Waals surface area (Å²) in [4.78, 5) is 0. The van der Waals surface area contributed by atoms with Crippen molar-refractivity contribution >= 4 is 69.6 Å². The van der Waals surface area contributed by atoms with Crippen molar-refractivity contribution in [2.24, 2.45) is 0 Å². The Kier molecular flexibility index (Phi) is 4.99. The fourth-order valence-electron chi connectivity index (χ4n) is 1.33. The molecular formula is C12H4Cl6O. The molecule has 2 rings (SSSR count). The van der Waals surface area contributed by atoms with Gasteiger partial charge in [-0.3, -0.25) is 0 Å². The first-order valence-corrected chi connectivity index (χ1v) is 7.12. The molecule has 0 saturated heterocycles. The molecule has 0 fully saturated rings. The van der Waals surface area contributed by atoms with E-state index in [0.717, 1.165) is 0 Å². The van der Waals surface area contributed by atoms with Crippen molar-refractivity contribution in [1.82, 2.24) is 0 Å². The second-order valence-corrected chi connectivity index (χ2v) is 5.94. The van der Waals surface area contributed by atoms with E-state index in [-0.39, 0.29) is 31.6 Å². The lowest BCUT2D eigenvalue weighted by atomic mass is 10.3. The van der Waals surface area contributed by atoms with Crippen LogP contribution in [0.2, 0.25) is 30.1 Å². The predicted octanol–water partition coefficient (Wildman–Crippen LogP) is 7.40. The standard InChI is InChI=1S/C12H4Cl6O/c13-5-1-7(15)11(17)9(3-5)19-10-4-6(14)2-8(16)12(10)18/h1-4H. The zero-order valence-electron chi connectivity index (χ0n) is 8.99. The highest BCUT2D eigenvalue weighted by molar-refractivity contribution is 6.45. The van der Waals surface area contributed by atoms with E-state index in [0.29, 0.717) is 10.0 Å². The summed E-state index contributed by atoms with van der Waals surface area (Å²) in [6.07, 6.45) is 0. The molecule has 100 valence electrons. The smallest absolute Gasteiger partial charge is 0.149 e. The van der Waals surface area contributed by atoms with Crippen LogP contribution in [0.3, 0.4) is 0 Å². The summed E-state index contributed by atoms with van der Waals surface area (Å²) in [5.74, 6) is 0.527. The molecular weight excluding hydrogens is 373 g/mol. The van der Waals surface area contributed by atoms with Crippen molar-refractivity contribution in [1.29, 1.82) is 0 Å². The van der Waals surface area contributed by atoms with Crippen molar-refractivity contribution in [3.05, 3.63) is 54.4 Å². The van der Waals surface area contributed by atoms with E-state index in [1.165, 1.54) is 24.3 Å². The Morgan fingerprint density at radius 3 is 1.32 bits per heavy atom. The van der Waals surface area contributed by atoms with Gasteiger partial charge < -0.3 is 4.74 Å². The van der Waals surface area contributed by atoms with Crippen LogP contribution >= 0.6 is 69.6 Å². The highest BCUT2D eigenvalue weighted by Crippen LogP contribution is 2.42. The first-order valence-electron chi connectivity index (χ1n) is 4.85. The number of hydrogen-bond donors (Lipinski definition) is 0. The zero-order valence-corrected chi connectivity index (χ0v) is 13.5. The second kappa shape index (κ2) is 6.17. The Labute approximate surface area is 139 Å².